The second-order valence-corrected chi connectivity index (χ2v) is 8.28. The minimum atomic E-state index is 0.658. The number of ether oxygens (including phenoxy) is 1. The number of nitrogens with zero attached hydrogens (tertiary/aromatic N) is 1. The van der Waals surface area contributed by atoms with Crippen LogP contribution >= 0.6 is 0 Å². The number of fused-ring (bicyclic) bond motifs is 3. The monoisotopic (exact) mass is 441 g/mol. The molecule has 34 heavy (non-hydrogen) atoms. The minimum absolute atomic E-state index is 0.658. The van der Waals surface area contributed by atoms with Gasteiger partial charge in [-0.1, -0.05) is 72.8 Å². The molecule has 0 bridgehead atoms. The molecule has 0 amide bonds. The first-order chi connectivity index (χ1) is 16.8. The molecule has 0 fully saturated rings. The van der Waals surface area contributed by atoms with Crippen LogP contribution in [0.5, 0.6) is 11.5 Å². The zero-order valence-corrected chi connectivity index (χ0v) is 18.5. The molecule has 0 aliphatic rings. The molecule has 4 aromatic carbocycles. The lowest BCUT2D eigenvalue weighted by molar-refractivity contribution is 0.482. The van der Waals surface area contributed by atoms with E-state index in [-0.39, 0.29) is 0 Å². The molecule has 0 aliphatic heterocycles. The van der Waals surface area contributed by atoms with Crippen molar-refractivity contribution in [2.45, 2.75) is 6.54 Å². The van der Waals surface area contributed by atoms with Crippen molar-refractivity contribution in [1.29, 1.82) is 0 Å². The topological polar surface area (TPSA) is 49.9 Å². The predicted molar refractivity (Wildman–Crippen MR) is 139 cm³/mol. The normalized spacial score (nSPS) is 11.1. The van der Waals surface area contributed by atoms with Crippen LogP contribution in [0.15, 0.2) is 115 Å². The van der Waals surface area contributed by atoms with E-state index in [9.17, 15) is 0 Å². The standard InChI is InChI=1S/C30H23N3O/c1-2-8-22(9-3-1)23-13-15-24(16-14-23)34-25-10-6-7-21(17-25)19-31-30-18-27-26-11-4-5-12-28(26)33-29(27)20-32-30/h1-18,20,33H,19H2,(H,31,32). The summed E-state index contributed by atoms with van der Waals surface area (Å²) in [4.78, 5) is 7.98. The first-order valence-electron chi connectivity index (χ1n) is 11.3. The molecule has 4 heteroatoms. The van der Waals surface area contributed by atoms with Gasteiger partial charge in [0.15, 0.2) is 0 Å². The Morgan fingerprint density at radius 2 is 1.44 bits per heavy atom. The molecule has 6 aromatic rings. The van der Waals surface area contributed by atoms with E-state index in [1.54, 1.807) is 0 Å². The molecule has 0 saturated heterocycles. The average molecular weight is 442 g/mol. The third-order valence-corrected chi connectivity index (χ3v) is 5.96. The second-order valence-electron chi connectivity index (χ2n) is 8.28. The highest BCUT2D eigenvalue weighted by molar-refractivity contribution is 6.07. The lowest BCUT2D eigenvalue weighted by Gasteiger charge is -2.10. The maximum Gasteiger partial charge on any atom is 0.127 e. The van der Waals surface area contributed by atoms with Crippen molar-refractivity contribution >= 4 is 27.6 Å². The SMILES string of the molecule is c1ccc(-c2ccc(Oc3cccc(CNc4cc5c(cn4)[nH]c4ccccc45)c3)cc2)cc1. The number of hydrogen-bond acceptors (Lipinski definition) is 3. The summed E-state index contributed by atoms with van der Waals surface area (Å²) in [5.74, 6) is 2.48. The van der Waals surface area contributed by atoms with Gasteiger partial charge in [-0.25, -0.2) is 4.98 Å². The van der Waals surface area contributed by atoms with Gasteiger partial charge in [-0.15, -0.1) is 0 Å². The number of aromatic nitrogens is 2. The quantitative estimate of drug-likeness (QED) is 0.277. The molecule has 0 atom stereocenters. The van der Waals surface area contributed by atoms with Gasteiger partial charge in [0.1, 0.15) is 17.3 Å². The highest BCUT2D eigenvalue weighted by atomic mass is 16.5. The predicted octanol–water partition coefficient (Wildman–Crippen LogP) is 7.79. The van der Waals surface area contributed by atoms with Crippen molar-refractivity contribution in [2.75, 3.05) is 5.32 Å². The van der Waals surface area contributed by atoms with Gasteiger partial charge in [0.05, 0.1) is 11.7 Å². The van der Waals surface area contributed by atoms with E-state index < -0.39 is 0 Å². The highest BCUT2D eigenvalue weighted by Crippen LogP contribution is 2.28. The van der Waals surface area contributed by atoms with Crippen LogP contribution < -0.4 is 10.1 Å². The van der Waals surface area contributed by atoms with Crippen LogP contribution in [0.1, 0.15) is 5.56 Å². The summed E-state index contributed by atoms with van der Waals surface area (Å²) in [5.41, 5.74) is 5.66. The van der Waals surface area contributed by atoms with Crippen LogP contribution in [0.25, 0.3) is 32.9 Å². The van der Waals surface area contributed by atoms with Crippen LogP contribution in [0, 0.1) is 0 Å². The Morgan fingerprint density at radius 1 is 0.647 bits per heavy atom. The molecule has 6 rings (SSSR count). The van der Waals surface area contributed by atoms with E-state index >= 15 is 0 Å². The maximum absolute atomic E-state index is 6.11. The fourth-order valence-electron chi connectivity index (χ4n) is 4.24. The highest BCUT2D eigenvalue weighted by Gasteiger charge is 2.06. The van der Waals surface area contributed by atoms with Gasteiger partial charge in [0.2, 0.25) is 0 Å². The van der Waals surface area contributed by atoms with Crippen molar-refractivity contribution in [3.8, 4) is 22.6 Å². The molecule has 0 aliphatic carbocycles. The van der Waals surface area contributed by atoms with Crippen molar-refractivity contribution in [3.63, 3.8) is 0 Å². The number of anilines is 1. The number of benzene rings is 4. The molecule has 0 radical (unpaired) electrons. The van der Waals surface area contributed by atoms with Gasteiger partial charge in [0, 0.05) is 22.8 Å². The van der Waals surface area contributed by atoms with E-state index in [4.69, 9.17) is 4.74 Å². The zero-order valence-electron chi connectivity index (χ0n) is 18.5. The lowest BCUT2D eigenvalue weighted by Crippen LogP contribution is -2.01. The number of para-hydroxylation sites is 1. The lowest BCUT2D eigenvalue weighted by atomic mass is 10.1. The van der Waals surface area contributed by atoms with E-state index in [1.807, 2.05) is 54.7 Å². The van der Waals surface area contributed by atoms with Crippen LogP contribution in [-0.4, -0.2) is 9.97 Å². The van der Waals surface area contributed by atoms with E-state index in [0.29, 0.717) is 6.54 Å². The van der Waals surface area contributed by atoms with Gasteiger partial charge in [-0.2, -0.15) is 0 Å². The number of H-pyrrole nitrogens is 1. The maximum atomic E-state index is 6.11. The van der Waals surface area contributed by atoms with Gasteiger partial charge < -0.3 is 15.0 Å². The summed E-state index contributed by atoms with van der Waals surface area (Å²) >= 11 is 0. The molecule has 2 aromatic heterocycles. The average Bonchev–Trinajstić information content (AvgIpc) is 3.27. The summed E-state index contributed by atoms with van der Waals surface area (Å²) in [5, 5.41) is 5.82. The van der Waals surface area contributed by atoms with Gasteiger partial charge in [-0.3, -0.25) is 0 Å². The fourth-order valence-corrected chi connectivity index (χ4v) is 4.24. The van der Waals surface area contributed by atoms with E-state index in [1.165, 1.54) is 21.9 Å². The molecule has 4 nitrogen and oxygen atoms in total. The number of pyridine rings is 1. The van der Waals surface area contributed by atoms with E-state index in [0.717, 1.165) is 33.9 Å². The zero-order chi connectivity index (χ0) is 22.7. The first-order valence-corrected chi connectivity index (χ1v) is 11.3. The Kier molecular flexibility index (Phi) is 5.17. The van der Waals surface area contributed by atoms with Gasteiger partial charge in [-0.05, 0) is 53.1 Å². The van der Waals surface area contributed by atoms with Crippen LogP contribution in [-0.2, 0) is 6.54 Å². The molecule has 0 unspecified atom stereocenters. The number of rotatable bonds is 6. The number of hydrogen-bond donors (Lipinski definition) is 2. The van der Waals surface area contributed by atoms with Crippen molar-refractivity contribution in [1.82, 2.24) is 9.97 Å². The summed E-state index contributed by atoms with van der Waals surface area (Å²) in [6, 6.07) is 37.1. The molecule has 0 spiro atoms. The molecular weight excluding hydrogens is 418 g/mol. The Bertz CT molecular complexity index is 1570. The largest absolute Gasteiger partial charge is 0.457 e. The van der Waals surface area contributed by atoms with Crippen LogP contribution in [0.4, 0.5) is 5.82 Å². The first kappa shape index (κ1) is 20.1. The summed E-state index contributed by atoms with van der Waals surface area (Å²) in [6.07, 6.45) is 1.89. The van der Waals surface area contributed by atoms with Crippen LogP contribution in [0.3, 0.4) is 0 Å². The second kappa shape index (κ2) is 8.75. The summed E-state index contributed by atoms with van der Waals surface area (Å²) in [7, 11) is 0. The number of aromatic amines is 1. The molecule has 2 heterocycles. The fraction of sp³-hybridized carbons (Fsp3) is 0.0333. The van der Waals surface area contributed by atoms with Crippen LogP contribution in [0.2, 0.25) is 0 Å². The minimum Gasteiger partial charge on any atom is -0.457 e. The summed E-state index contributed by atoms with van der Waals surface area (Å²) < 4.78 is 6.11. The van der Waals surface area contributed by atoms with Crippen molar-refractivity contribution in [2.24, 2.45) is 0 Å². The molecular formula is C30H23N3O. The van der Waals surface area contributed by atoms with E-state index in [2.05, 4.69) is 75.9 Å². The van der Waals surface area contributed by atoms with Gasteiger partial charge >= 0.3 is 0 Å². The third kappa shape index (κ3) is 4.09. The Labute approximate surface area is 197 Å². The molecule has 2 N–H and O–H groups in total. The Balaban J connectivity index is 1.15. The molecule has 0 saturated carbocycles. The Hall–Kier alpha value is -4.57. The summed E-state index contributed by atoms with van der Waals surface area (Å²) in [6.45, 7) is 0.658. The van der Waals surface area contributed by atoms with Gasteiger partial charge in [0.25, 0.3) is 0 Å². The molecule has 164 valence electrons. The van der Waals surface area contributed by atoms with Crippen molar-refractivity contribution in [3.05, 3.63) is 121 Å². The smallest absolute Gasteiger partial charge is 0.127 e. The third-order valence-electron chi connectivity index (χ3n) is 5.96. The van der Waals surface area contributed by atoms with Crippen molar-refractivity contribution < 1.29 is 4.74 Å². The Morgan fingerprint density at radius 3 is 2.32 bits per heavy atom. The number of nitrogens with one attached hydrogen (secondary N) is 2.